The van der Waals surface area contributed by atoms with Crippen LogP contribution in [0.15, 0.2) is 21.3 Å². The molecule has 6 heteroatoms. The largest absolute Gasteiger partial charge is 0.507 e. The van der Waals surface area contributed by atoms with Gasteiger partial charge in [0.15, 0.2) is 0 Å². The van der Waals surface area contributed by atoms with E-state index in [2.05, 4.69) is 0 Å². The lowest BCUT2D eigenvalue weighted by molar-refractivity contribution is 0.465. The van der Waals surface area contributed by atoms with E-state index in [1.54, 1.807) is 32.9 Å². The molecule has 0 fully saturated rings. The number of hydrogen-bond donors (Lipinski definition) is 1. The second-order valence-electron chi connectivity index (χ2n) is 8.03. The number of aryl methyl sites for hydroxylation is 2. The summed E-state index contributed by atoms with van der Waals surface area (Å²) >= 11 is 19.7. The molecule has 0 saturated carbocycles. The third-order valence-electron chi connectivity index (χ3n) is 6.33. The van der Waals surface area contributed by atoms with Gasteiger partial charge in [-0.3, -0.25) is 4.79 Å². The van der Waals surface area contributed by atoms with E-state index >= 15 is 0 Å². The SMILES string of the molecule is CC.CC.Cc1c(Cl)ccc(Cl)c1-c1c2c(C)c(Cl)c(=O)c(C)c-2oc2c(C)c(O)c(C)c(C)c12. The highest BCUT2D eigenvalue weighted by molar-refractivity contribution is 6.37. The molecule has 0 bridgehead atoms. The van der Waals surface area contributed by atoms with Crippen molar-refractivity contribution in [3.8, 4) is 28.2 Å². The summed E-state index contributed by atoms with van der Waals surface area (Å²) in [6, 6.07) is 3.52. The Balaban J connectivity index is 0.00000103. The fourth-order valence-corrected chi connectivity index (χ4v) is 5.00. The molecule has 1 heterocycles. The van der Waals surface area contributed by atoms with Gasteiger partial charge in [0.05, 0.1) is 5.02 Å². The van der Waals surface area contributed by atoms with Crippen LogP contribution in [-0.4, -0.2) is 5.11 Å². The Kier molecular flexibility index (Phi) is 9.33. The number of phenols is 1. The van der Waals surface area contributed by atoms with Gasteiger partial charge in [-0.05, 0) is 75.9 Å². The lowest BCUT2D eigenvalue weighted by Gasteiger charge is -2.24. The van der Waals surface area contributed by atoms with E-state index in [-0.39, 0.29) is 16.2 Å². The van der Waals surface area contributed by atoms with Crippen molar-refractivity contribution in [2.24, 2.45) is 0 Å². The molecule has 2 aromatic rings. The van der Waals surface area contributed by atoms with E-state index in [0.29, 0.717) is 38.1 Å². The molecular formula is C29H33Cl3O3. The third kappa shape index (κ3) is 4.55. The molecule has 0 atom stereocenters. The monoisotopic (exact) mass is 534 g/mol. The summed E-state index contributed by atoms with van der Waals surface area (Å²) < 4.78 is 6.32. The molecule has 3 nitrogen and oxygen atoms in total. The summed E-state index contributed by atoms with van der Waals surface area (Å²) in [6.07, 6.45) is 0. The van der Waals surface area contributed by atoms with Crippen molar-refractivity contribution >= 4 is 45.8 Å². The van der Waals surface area contributed by atoms with Crippen molar-refractivity contribution in [3.63, 3.8) is 0 Å². The Morgan fingerprint density at radius 3 is 1.77 bits per heavy atom. The molecule has 1 N–H and O–H groups in total. The van der Waals surface area contributed by atoms with E-state index in [9.17, 15) is 9.90 Å². The zero-order valence-electron chi connectivity index (χ0n) is 22.1. The van der Waals surface area contributed by atoms with Crippen molar-refractivity contribution in [3.05, 3.63) is 70.8 Å². The van der Waals surface area contributed by atoms with Gasteiger partial charge in [0, 0.05) is 43.2 Å². The average Bonchev–Trinajstić information content (AvgIpc) is 2.87. The number of benzene rings is 3. The van der Waals surface area contributed by atoms with E-state index < -0.39 is 0 Å². The summed E-state index contributed by atoms with van der Waals surface area (Å²) in [5.41, 5.74) is 6.52. The first-order valence-corrected chi connectivity index (χ1v) is 12.9. The van der Waals surface area contributed by atoms with Gasteiger partial charge in [0.2, 0.25) is 5.43 Å². The number of fused-ring (bicyclic) bond motifs is 2. The summed E-state index contributed by atoms with van der Waals surface area (Å²) in [4.78, 5) is 12.8. The number of halogens is 3. The van der Waals surface area contributed by atoms with Crippen LogP contribution in [0.4, 0.5) is 0 Å². The highest BCUT2D eigenvalue weighted by Crippen LogP contribution is 2.50. The smallest absolute Gasteiger partial charge is 0.204 e. The van der Waals surface area contributed by atoms with Crippen molar-refractivity contribution in [1.82, 2.24) is 0 Å². The van der Waals surface area contributed by atoms with Gasteiger partial charge in [0.25, 0.3) is 0 Å². The van der Waals surface area contributed by atoms with Crippen LogP contribution < -0.4 is 5.43 Å². The molecular weight excluding hydrogens is 503 g/mol. The van der Waals surface area contributed by atoms with E-state index in [1.807, 2.05) is 48.5 Å². The maximum absolute atomic E-state index is 12.8. The highest BCUT2D eigenvalue weighted by Gasteiger charge is 2.29. The summed E-state index contributed by atoms with van der Waals surface area (Å²) in [5.74, 6) is 0.592. The first-order chi connectivity index (χ1) is 16.5. The van der Waals surface area contributed by atoms with Crippen LogP contribution in [0.25, 0.3) is 33.4 Å². The van der Waals surface area contributed by atoms with Gasteiger partial charge >= 0.3 is 0 Å². The molecule has 1 aliphatic heterocycles. The predicted octanol–water partition coefficient (Wildman–Crippen LogP) is 10.1. The van der Waals surface area contributed by atoms with Crippen molar-refractivity contribution < 1.29 is 9.52 Å². The van der Waals surface area contributed by atoms with Gasteiger partial charge < -0.3 is 9.52 Å². The molecule has 0 amide bonds. The van der Waals surface area contributed by atoms with Crippen LogP contribution in [0.3, 0.4) is 0 Å². The van der Waals surface area contributed by atoms with Gasteiger partial charge in [-0.15, -0.1) is 0 Å². The molecule has 1 aliphatic carbocycles. The first-order valence-electron chi connectivity index (χ1n) is 11.8. The van der Waals surface area contributed by atoms with Crippen LogP contribution in [0.2, 0.25) is 15.1 Å². The van der Waals surface area contributed by atoms with Crippen LogP contribution in [0, 0.1) is 41.5 Å². The Bertz CT molecular complexity index is 1450. The van der Waals surface area contributed by atoms with Gasteiger partial charge in [-0.2, -0.15) is 0 Å². The first kappa shape index (κ1) is 29.0. The standard InChI is InChI=1S/C25H21Cl3O3.2C2H6/c1-9-10(2)22(29)13(5)24-18(9)20(17-11(3)15(26)7-8-16(17)27)19-12(4)21(28)23(30)14(6)25(19)31-24;2*1-2/h7-8,29H,1-6H3;2*1-2H3. The van der Waals surface area contributed by atoms with Crippen LogP contribution in [0.5, 0.6) is 5.75 Å². The second kappa shape index (κ2) is 11.2. The molecule has 0 spiro atoms. The van der Waals surface area contributed by atoms with E-state index in [0.717, 1.165) is 38.8 Å². The molecule has 4 rings (SSSR count). The van der Waals surface area contributed by atoms with Gasteiger partial charge in [-0.25, -0.2) is 0 Å². The topological polar surface area (TPSA) is 50.4 Å². The zero-order valence-corrected chi connectivity index (χ0v) is 24.3. The minimum Gasteiger partial charge on any atom is -0.507 e. The van der Waals surface area contributed by atoms with Crippen molar-refractivity contribution in [2.45, 2.75) is 69.2 Å². The van der Waals surface area contributed by atoms with Gasteiger partial charge in [-0.1, -0.05) is 62.5 Å². The fraction of sp³-hybridized carbons (Fsp3) is 0.345. The normalized spacial score (nSPS) is 10.7. The molecule has 0 aromatic heterocycles. The van der Waals surface area contributed by atoms with Crippen molar-refractivity contribution in [1.29, 1.82) is 0 Å². The van der Waals surface area contributed by atoms with Gasteiger partial charge in [0.1, 0.15) is 17.1 Å². The van der Waals surface area contributed by atoms with Crippen LogP contribution >= 0.6 is 34.8 Å². The number of hydrogen-bond acceptors (Lipinski definition) is 3. The minimum atomic E-state index is -0.277. The molecule has 35 heavy (non-hydrogen) atoms. The Morgan fingerprint density at radius 2 is 1.20 bits per heavy atom. The lowest BCUT2D eigenvalue weighted by Crippen LogP contribution is -2.12. The van der Waals surface area contributed by atoms with Crippen LogP contribution in [0.1, 0.15) is 61.1 Å². The fourth-order valence-electron chi connectivity index (χ4n) is 4.31. The maximum atomic E-state index is 12.8. The maximum Gasteiger partial charge on any atom is 0.204 e. The predicted molar refractivity (Wildman–Crippen MR) is 152 cm³/mol. The zero-order chi connectivity index (χ0) is 26.9. The summed E-state index contributed by atoms with van der Waals surface area (Å²) in [6.45, 7) is 19.0. The molecule has 0 unspecified atom stereocenters. The number of aromatic hydroxyl groups is 1. The molecule has 2 aliphatic rings. The Hall–Kier alpha value is -2.20. The van der Waals surface area contributed by atoms with E-state index in [1.165, 1.54) is 0 Å². The average molecular weight is 536 g/mol. The summed E-state index contributed by atoms with van der Waals surface area (Å²) in [7, 11) is 0. The molecule has 2 aromatic carbocycles. The van der Waals surface area contributed by atoms with Crippen LogP contribution in [-0.2, 0) is 0 Å². The number of rotatable bonds is 1. The minimum absolute atomic E-state index is 0.154. The quantitative estimate of drug-likeness (QED) is 0.247. The lowest BCUT2D eigenvalue weighted by atomic mass is 9.84. The second-order valence-corrected chi connectivity index (χ2v) is 9.22. The number of phenolic OH excluding ortho intramolecular Hbond substituents is 1. The molecule has 0 radical (unpaired) electrons. The van der Waals surface area contributed by atoms with Crippen molar-refractivity contribution in [2.75, 3.05) is 0 Å². The molecule has 0 saturated heterocycles. The van der Waals surface area contributed by atoms with E-state index in [4.69, 9.17) is 39.2 Å². The third-order valence-corrected chi connectivity index (χ3v) is 7.51. The molecule has 188 valence electrons. The Labute approximate surface area is 223 Å². The highest BCUT2D eigenvalue weighted by atomic mass is 35.5. The summed E-state index contributed by atoms with van der Waals surface area (Å²) in [5, 5.41) is 12.8. The Morgan fingerprint density at radius 1 is 0.657 bits per heavy atom.